The molecule has 0 bridgehead atoms. The molecule has 0 saturated carbocycles. The van der Waals surface area contributed by atoms with Gasteiger partial charge in [-0.3, -0.25) is 4.79 Å². The van der Waals surface area contributed by atoms with E-state index in [4.69, 9.17) is 0 Å². The fourth-order valence-corrected chi connectivity index (χ4v) is 4.12. The molecule has 0 aliphatic rings. The number of halogens is 1. The molecule has 0 unspecified atom stereocenters. The van der Waals surface area contributed by atoms with Gasteiger partial charge >= 0.3 is 0 Å². The Balaban J connectivity index is 2.36. The van der Waals surface area contributed by atoms with Crippen LogP contribution in [0.2, 0.25) is 13.1 Å². The van der Waals surface area contributed by atoms with E-state index >= 15 is 0 Å². The minimum absolute atomic E-state index is 0.133. The number of benzene rings is 2. The highest BCUT2D eigenvalue weighted by atomic mass is 28.3. The molecule has 0 aliphatic heterocycles. The van der Waals surface area contributed by atoms with E-state index < -0.39 is 8.07 Å². The highest BCUT2D eigenvalue weighted by Gasteiger charge is 2.33. The fourth-order valence-electron chi connectivity index (χ4n) is 1.95. The van der Waals surface area contributed by atoms with E-state index in [0.29, 0.717) is 5.56 Å². The van der Waals surface area contributed by atoms with E-state index in [9.17, 15) is 9.18 Å². The van der Waals surface area contributed by atoms with Crippen molar-refractivity contribution in [1.29, 1.82) is 0 Å². The molecule has 0 amide bonds. The van der Waals surface area contributed by atoms with Gasteiger partial charge in [0, 0.05) is 5.56 Å². The van der Waals surface area contributed by atoms with Gasteiger partial charge in [-0.25, -0.2) is 4.39 Å². The van der Waals surface area contributed by atoms with Gasteiger partial charge in [-0.05, 0) is 24.3 Å². The van der Waals surface area contributed by atoms with Crippen molar-refractivity contribution in [1.82, 2.24) is 0 Å². The van der Waals surface area contributed by atoms with Crippen molar-refractivity contribution in [2.75, 3.05) is 0 Å². The van der Waals surface area contributed by atoms with Crippen LogP contribution in [0.1, 0.15) is 10.4 Å². The molecule has 0 spiro atoms. The third-order valence-corrected chi connectivity index (χ3v) is 6.37. The predicted molar refractivity (Wildman–Crippen MR) is 74.3 cm³/mol. The van der Waals surface area contributed by atoms with Crippen LogP contribution < -0.4 is 5.19 Å². The molecule has 0 aromatic heterocycles. The summed E-state index contributed by atoms with van der Waals surface area (Å²) in [5.41, 5.74) is 0.594. The van der Waals surface area contributed by atoms with Crippen LogP contribution in [0, 0.1) is 5.82 Å². The second-order valence-electron chi connectivity index (χ2n) is 4.83. The monoisotopic (exact) mass is 258 g/mol. The standard InChI is InChI=1S/C15H15FOSi/c1-18(2,14-6-4-3-5-7-14)15(17)12-8-10-13(16)11-9-12/h3-11H,1-2H3. The number of hydrogen-bond donors (Lipinski definition) is 0. The van der Waals surface area contributed by atoms with E-state index in [2.05, 4.69) is 0 Å². The highest BCUT2D eigenvalue weighted by molar-refractivity contribution is 7.14. The number of hydrogen-bond acceptors (Lipinski definition) is 1. The lowest BCUT2D eigenvalue weighted by Gasteiger charge is -2.21. The van der Waals surface area contributed by atoms with Crippen molar-refractivity contribution in [3.8, 4) is 0 Å². The molecule has 0 heterocycles. The summed E-state index contributed by atoms with van der Waals surface area (Å²) in [4.78, 5) is 12.5. The van der Waals surface area contributed by atoms with E-state index in [1.807, 2.05) is 43.4 Å². The largest absolute Gasteiger partial charge is 0.300 e. The van der Waals surface area contributed by atoms with Gasteiger partial charge in [-0.2, -0.15) is 0 Å². The Morgan fingerprint density at radius 1 is 0.944 bits per heavy atom. The predicted octanol–water partition coefficient (Wildman–Crippen LogP) is 3.16. The molecule has 0 atom stereocenters. The van der Waals surface area contributed by atoms with Gasteiger partial charge in [0.25, 0.3) is 0 Å². The van der Waals surface area contributed by atoms with Crippen LogP contribution in [0.25, 0.3) is 0 Å². The lowest BCUT2D eigenvalue weighted by molar-refractivity contribution is 0.106. The summed E-state index contributed by atoms with van der Waals surface area (Å²) in [6.07, 6.45) is 0. The van der Waals surface area contributed by atoms with Crippen molar-refractivity contribution in [3.05, 3.63) is 66.0 Å². The van der Waals surface area contributed by atoms with Crippen LogP contribution in [0.5, 0.6) is 0 Å². The van der Waals surface area contributed by atoms with Crippen molar-refractivity contribution in [2.24, 2.45) is 0 Å². The maximum atomic E-state index is 12.9. The Morgan fingerprint density at radius 2 is 1.50 bits per heavy atom. The smallest absolute Gasteiger partial charge is 0.163 e. The zero-order chi connectivity index (χ0) is 13.2. The van der Waals surface area contributed by atoms with Crippen molar-refractivity contribution >= 4 is 18.7 Å². The van der Waals surface area contributed by atoms with Gasteiger partial charge in [0.15, 0.2) is 8.07 Å². The van der Waals surface area contributed by atoms with Crippen LogP contribution in [-0.4, -0.2) is 13.5 Å². The zero-order valence-corrected chi connectivity index (χ0v) is 11.5. The maximum absolute atomic E-state index is 12.9. The van der Waals surface area contributed by atoms with Crippen molar-refractivity contribution in [2.45, 2.75) is 13.1 Å². The topological polar surface area (TPSA) is 17.1 Å². The summed E-state index contributed by atoms with van der Waals surface area (Å²) in [6, 6.07) is 15.6. The van der Waals surface area contributed by atoms with Gasteiger partial charge in [0.2, 0.25) is 0 Å². The van der Waals surface area contributed by atoms with E-state index in [0.717, 1.165) is 5.19 Å². The van der Waals surface area contributed by atoms with Gasteiger partial charge < -0.3 is 0 Å². The number of rotatable bonds is 3. The first-order valence-electron chi connectivity index (χ1n) is 5.88. The lowest BCUT2D eigenvalue weighted by atomic mass is 10.2. The highest BCUT2D eigenvalue weighted by Crippen LogP contribution is 2.13. The minimum Gasteiger partial charge on any atom is -0.300 e. The van der Waals surface area contributed by atoms with Gasteiger partial charge in [-0.15, -0.1) is 0 Å². The Labute approximate surface area is 107 Å². The summed E-state index contributed by atoms with van der Waals surface area (Å²) >= 11 is 0. The van der Waals surface area contributed by atoms with Crippen LogP contribution in [0.4, 0.5) is 4.39 Å². The van der Waals surface area contributed by atoms with E-state index in [1.54, 1.807) is 12.1 Å². The van der Waals surface area contributed by atoms with Crippen LogP contribution in [0.3, 0.4) is 0 Å². The molecular weight excluding hydrogens is 243 g/mol. The van der Waals surface area contributed by atoms with Crippen LogP contribution in [-0.2, 0) is 0 Å². The summed E-state index contributed by atoms with van der Waals surface area (Å²) in [5.74, 6) is -0.314. The average molecular weight is 258 g/mol. The maximum Gasteiger partial charge on any atom is 0.163 e. The van der Waals surface area contributed by atoms with Crippen LogP contribution >= 0.6 is 0 Å². The molecule has 0 N–H and O–H groups in total. The normalized spacial score (nSPS) is 11.3. The zero-order valence-electron chi connectivity index (χ0n) is 10.5. The first kappa shape index (κ1) is 12.7. The number of carbonyl (C=O) groups excluding carboxylic acids is 1. The van der Waals surface area contributed by atoms with Gasteiger partial charge in [-0.1, -0.05) is 48.6 Å². The first-order chi connectivity index (χ1) is 8.51. The molecule has 0 saturated heterocycles. The van der Waals surface area contributed by atoms with E-state index in [1.165, 1.54) is 12.1 Å². The molecule has 0 aliphatic carbocycles. The molecule has 1 nitrogen and oxygen atoms in total. The van der Waals surface area contributed by atoms with Crippen molar-refractivity contribution in [3.63, 3.8) is 0 Å². The molecule has 18 heavy (non-hydrogen) atoms. The average Bonchev–Trinajstić information content (AvgIpc) is 2.40. The third kappa shape index (κ3) is 2.41. The fraction of sp³-hybridized carbons (Fsp3) is 0.133. The lowest BCUT2D eigenvalue weighted by Crippen LogP contribution is -2.49. The second-order valence-corrected chi connectivity index (χ2v) is 9.11. The first-order valence-corrected chi connectivity index (χ1v) is 8.88. The van der Waals surface area contributed by atoms with Crippen LogP contribution in [0.15, 0.2) is 54.6 Å². The molecule has 2 aromatic rings. The molecule has 2 aromatic carbocycles. The van der Waals surface area contributed by atoms with Gasteiger partial charge in [0.1, 0.15) is 11.2 Å². The summed E-state index contributed by atoms with van der Waals surface area (Å²) < 4.78 is 12.9. The third-order valence-electron chi connectivity index (χ3n) is 3.17. The quantitative estimate of drug-likeness (QED) is 0.773. The van der Waals surface area contributed by atoms with Crippen molar-refractivity contribution < 1.29 is 9.18 Å². The molecule has 2 rings (SSSR count). The molecule has 0 fully saturated rings. The Morgan fingerprint density at radius 3 is 2.06 bits per heavy atom. The molecule has 0 radical (unpaired) electrons. The Kier molecular flexibility index (Phi) is 3.43. The van der Waals surface area contributed by atoms with E-state index in [-0.39, 0.29) is 11.2 Å². The SMILES string of the molecule is C[Si](C)(C(=O)c1ccc(F)cc1)c1ccccc1. The van der Waals surface area contributed by atoms with Gasteiger partial charge in [0.05, 0.1) is 0 Å². The molecular formula is C15H15FOSi. The minimum atomic E-state index is -2.20. The summed E-state index contributed by atoms with van der Waals surface area (Å²) in [7, 11) is -2.20. The Hall–Kier alpha value is -1.74. The summed E-state index contributed by atoms with van der Waals surface area (Å²) in [6.45, 7) is 4.04. The second kappa shape index (κ2) is 4.86. The molecule has 3 heteroatoms. The molecule has 92 valence electrons. The summed E-state index contributed by atoms with van der Waals surface area (Å²) in [5, 5.41) is 1.23. The Bertz CT molecular complexity index is 546. The number of carbonyl (C=O) groups is 1.